The number of allylic oxidation sites excluding steroid dienone is 1. The molecule has 0 bridgehead atoms. The molecule has 0 aromatic heterocycles. The first-order valence-corrected chi connectivity index (χ1v) is 6.76. The molecule has 18 heavy (non-hydrogen) atoms. The molecule has 4 rings (SSSR count). The van der Waals surface area contributed by atoms with Crippen molar-refractivity contribution in [3.05, 3.63) is 76.9 Å². The van der Waals surface area contributed by atoms with Gasteiger partial charge in [-0.15, -0.1) is 0 Å². The Hall–Kier alpha value is -1.82. The molecule has 2 aromatic carbocycles. The Morgan fingerprint density at radius 3 is 2.22 bits per heavy atom. The predicted molar refractivity (Wildman–Crippen MR) is 75.6 cm³/mol. The topological polar surface area (TPSA) is 0 Å². The lowest BCUT2D eigenvalue weighted by molar-refractivity contribution is 0.509. The molecule has 88 valence electrons. The molecular formula is C18H16. The van der Waals surface area contributed by atoms with E-state index in [9.17, 15) is 0 Å². The van der Waals surface area contributed by atoms with E-state index in [-0.39, 0.29) is 0 Å². The van der Waals surface area contributed by atoms with Gasteiger partial charge >= 0.3 is 0 Å². The molecule has 1 atom stereocenters. The van der Waals surface area contributed by atoms with Crippen LogP contribution in [0.1, 0.15) is 28.2 Å². The second kappa shape index (κ2) is 3.84. The summed E-state index contributed by atoms with van der Waals surface area (Å²) in [5.41, 5.74) is 6.05. The summed E-state index contributed by atoms with van der Waals surface area (Å²) in [7, 11) is 0. The Bertz CT molecular complexity index is 596. The van der Waals surface area contributed by atoms with E-state index in [0.717, 1.165) is 5.92 Å². The maximum Gasteiger partial charge on any atom is 0.00618 e. The number of hydrogen-bond donors (Lipinski definition) is 0. The fourth-order valence-corrected chi connectivity index (χ4v) is 3.54. The second-order valence-corrected chi connectivity index (χ2v) is 5.45. The molecule has 0 nitrogen and oxygen atoms in total. The molecule has 0 N–H and O–H groups in total. The largest absolute Gasteiger partial charge is 0.0761 e. The van der Waals surface area contributed by atoms with Gasteiger partial charge in [0.25, 0.3) is 0 Å². The van der Waals surface area contributed by atoms with Gasteiger partial charge in [0.2, 0.25) is 0 Å². The first-order valence-electron chi connectivity index (χ1n) is 6.76. The zero-order valence-corrected chi connectivity index (χ0v) is 10.3. The van der Waals surface area contributed by atoms with Crippen LogP contribution in [0.3, 0.4) is 0 Å². The average Bonchev–Trinajstić information content (AvgIpc) is 3.02. The van der Waals surface area contributed by atoms with E-state index < -0.39 is 0 Å². The SMILES string of the molecule is C1=CC(C2Cc3ccccc3C2)c2ccccc21. The van der Waals surface area contributed by atoms with Gasteiger partial charge in [0.1, 0.15) is 0 Å². The molecule has 0 radical (unpaired) electrons. The predicted octanol–water partition coefficient (Wildman–Crippen LogP) is 4.21. The van der Waals surface area contributed by atoms with Crippen molar-refractivity contribution in [2.75, 3.05) is 0 Å². The molecule has 0 fully saturated rings. The van der Waals surface area contributed by atoms with E-state index in [4.69, 9.17) is 0 Å². The van der Waals surface area contributed by atoms with E-state index >= 15 is 0 Å². The van der Waals surface area contributed by atoms with E-state index in [1.165, 1.54) is 24.0 Å². The average molecular weight is 232 g/mol. The minimum atomic E-state index is 0.619. The van der Waals surface area contributed by atoms with Crippen molar-refractivity contribution in [3.63, 3.8) is 0 Å². The molecule has 0 spiro atoms. The number of benzene rings is 2. The third kappa shape index (κ3) is 1.45. The van der Waals surface area contributed by atoms with Crippen molar-refractivity contribution in [2.45, 2.75) is 18.8 Å². The van der Waals surface area contributed by atoms with Gasteiger partial charge < -0.3 is 0 Å². The van der Waals surface area contributed by atoms with Crippen LogP contribution in [-0.2, 0) is 12.8 Å². The van der Waals surface area contributed by atoms with Crippen LogP contribution in [0.15, 0.2) is 54.6 Å². The van der Waals surface area contributed by atoms with Gasteiger partial charge in [0, 0.05) is 5.92 Å². The summed E-state index contributed by atoms with van der Waals surface area (Å²) in [5.74, 6) is 1.37. The van der Waals surface area contributed by atoms with Gasteiger partial charge in [-0.3, -0.25) is 0 Å². The van der Waals surface area contributed by atoms with Crippen LogP contribution in [0.5, 0.6) is 0 Å². The second-order valence-electron chi connectivity index (χ2n) is 5.45. The standard InChI is InChI=1S/C18H16/c1-2-7-15-12-16(11-14(15)6-1)18-10-9-13-5-3-4-8-17(13)18/h1-10,16,18H,11-12H2. The number of fused-ring (bicyclic) bond motifs is 2. The van der Waals surface area contributed by atoms with Crippen LogP contribution < -0.4 is 0 Å². The molecule has 0 saturated heterocycles. The maximum absolute atomic E-state index is 2.40. The third-order valence-electron chi connectivity index (χ3n) is 4.43. The zero-order chi connectivity index (χ0) is 11.9. The zero-order valence-electron chi connectivity index (χ0n) is 10.3. The summed E-state index contributed by atoms with van der Waals surface area (Å²) in [6.07, 6.45) is 7.17. The minimum Gasteiger partial charge on any atom is -0.0761 e. The lowest BCUT2D eigenvalue weighted by atomic mass is 9.86. The Labute approximate surface area is 108 Å². The highest BCUT2D eigenvalue weighted by Crippen LogP contribution is 2.41. The first kappa shape index (κ1) is 10.1. The highest BCUT2D eigenvalue weighted by molar-refractivity contribution is 5.62. The molecule has 0 amide bonds. The van der Waals surface area contributed by atoms with Crippen LogP contribution in [0, 0.1) is 5.92 Å². The lowest BCUT2D eigenvalue weighted by Gasteiger charge is -2.18. The Balaban J connectivity index is 1.67. The lowest BCUT2D eigenvalue weighted by Crippen LogP contribution is -2.09. The van der Waals surface area contributed by atoms with Gasteiger partial charge in [-0.05, 0) is 41.0 Å². The van der Waals surface area contributed by atoms with Crippen LogP contribution in [-0.4, -0.2) is 0 Å². The molecule has 1 unspecified atom stereocenters. The van der Waals surface area contributed by atoms with Crippen molar-refractivity contribution in [2.24, 2.45) is 5.92 Å². The summed E-state index contributed by atoms with van der Waals surface area (Å²) >= 11 is 0. The Kier molecular flexibility index (Phi) is 2.16. The van der Waals surface area contributed by atoms with Crippen molar-refractivity contribution in [1.29, 1.82) is 0 Å². The molecule has 2 aromatic rings. The van der Waals surface area contributed by atoms with Crippen LogP contribution in [0.2, 0.25) is 0 Å². The molecular weight excluding hydrogens is 216 g/mol. The highest BCUT2D eigenvalue weighted by Gasteiger charge is 2.30. The minimum absolute atomic E-state index is 0.619. The molecule has 2 aliphatic carbocycles. The van der Waals surface area contributed by atoms with Gasteiger partial charge in [-0.1, -0.05) is 60.7 Å². The molecule has 0 heterocycles. The normalized spacial score (nSPS) is 21.0. The van der Waals surface area contributed by atoms with Gasteiger partial charge in [0.15, 0.2) is 0 Å². The van der Waals surface area contributed by atoms with Crippen LogP contribution >= 0.6 is 0 Å². The van der Waals surface area contributed by atoms with Crippen molar-refractivity contribution >= 4 is 6.08 Å². The smallest absolute Gasteiger partial charge is 0.00618 e. The summed E-state index contributed by atoms with van der Waals surface area (Å²) in [6, 6.07) is 17.7. The maximum atomic E-state index is 2.40. The third-order valence-corrected chi connectivity index (χ3v) is 4.43. The van der Waals surface area contributed by atoms with E-state index in [1.54, 1.807) is 11.1 Å². The summed E-state index contributed by atoms with van der Waals surface area (Å²) in [4.78, 5) is 0. The monoisotopic (exact) mass is 232 g/mol. The number of hydrogen-bond acceptors (Lipinski definition) is 0. The summed E-state index contributed by atoms with van der Waals surface area (Å²) in [5, 5.41) is 0. The van der Waals surface area contributed by atoms with Gasteiger partial charge in [0.05, 0.1) is 0 Å². The quantitative estimate of drug-likeness (QED) is 0.691. The highest BCUT2D eigenvalue weighted by atomic mass is 14.3. The molecule has 0 heteroatoms. The van der Waals surface area contributed by atoms with Crippen molar-refractivity contribution < 1.29 is 0 Å². The van der Waals surface area contributed by atoms with E-state index in [2.05, 4.69) is 60.7 Å². The fraction of sp³-hybridized carbons (Fsp3) is 0.222. The number of rotatable bonds is 1. The fourth-order valence-electron chi connectivity index (χ4n) is 3.54. The van der Waals surface area contributed by atoms with Crippen molar-refractivity contribution in [1.82, 2.24) is 0 Å². The van der Waals surface area contributed by atoms with E-state index in [1.807, 2.05) is 0 Å². The van der Waals surface area contributed by atoms with Gasteiger partial charge in [-0.2, -0.15) is 0 Å². The Morgan fingerprint density at radius 1 is 0.778 bits per heavy atom. The van der Waals surface area contributed by atoms with Crippen LogP contribution in [0.4, 0.5) is 0 Å². The van der Waals surface area contributed by atoms with Crippen LogP contribution in [0.25, 0.3) is 6.08 Å². The Morgan fingerprint density at radius 2 is 1.44 bits per heavy atom. The first-order chi connectivity index (χ1) is 8.92. The molecule has 2 aliphatic rings. The summed E-state index contributed by atoms with van der Waals surface area (Å²) < 4.78 is 0. The van der Waals surface area contributed by atoms with Gasteiger partial charge in [-0.25, -0.2) is 0 Å². The molecule has 0 aliphatic heterocycles. The summed E-state index contributed by atoms with van der Waals surface area (Å²) in [6.45, 7) is 0. The molecule has 0 saturated carbocycles. The van der Waals surface area contributed by atoms with Crippen molar-refractivity contribution in [3.8, 4) is 0 Å². The van der Waals surface area contributed by atoms with E-state index in [0.29, 0.717) is 5.92 Å².